The van der Waals surface area contributed by atoms with Crippen LogP contribution in [0.4, 0.5) is 5.82 Å². The lowest BCUT2D eigenvalue weighted by atomic mass is 10.1. The van der Waals surface area contributed by atoms with E-state index in [-0.39, 0.29) is 17.3 Å². The van der Waals surface area contributed by atoms with Gasteiger partial charge >= 0.3 is 0 Å². The molecule has 1 aliphatic heterocycles. The number of allylic oxidation sites excluding steroid dienone is 1. The van der Waals surface area contributed by atoms with Gasteiger partial charge in [-0.15, -0.1) is 0 Å². The van der Waals surface area contributed by atoms with Gasteiger partial charge in [0.2, 0.25) is 5.91 Å². The first kappa shape index (κ1) is 17.7. The lowest BCUT2D eigenvalue weighted by molar-refractivity contribution is -0.114. The van der Waals surface area contributed by atoms with E-state index in [1.807, 2.05) is 0 Å². The molecule has 0 bridgehead atoms. The number of carbonyl (C=O) groups excluding carboxylic acids is 1. The van der Waals surface area contributed by atoms with Crippen molar-refractivity contribution in [2.75, 3.05) is 11.9 Å². The third-order valence-electron chi connectivity index (χ3n) is 3.67. The highest BCUT2D eigenvalue weighted by Crippen LogP contribution is 2.24. The number of aromatic nitrogens is 2. The van der Waals surface area contributed by atoms with Crippen molar-refractivity contribution in [3.63, 3.8) is 0 Å². The van der Waals surface area contributed by atoms with Crippen molar-refractivity contribution in [1.82, 2.24) is 14.3 Å². The van der Waals surface area contributed by atoms with Gasteiger partial charge in [0, 0.05) is 36.8 Å². The second kappa shape index (κ2) is 7.04. The van der Waals surface area contributed by atoms with E-state index < -0.39 is 10.0 Å². The van der Waals surface area contributed by atoms with Crippen LogP contribution in [0.15, 0.2) is 58.5 Å². The van der Waals surface area contributed by atoms with Gasteiger partial charge in [-0.2, -0.15) is 0 Å². The summed E-state index contributed by atoms with van der Waals surface area (Å²) in [5.74, 6) is 0.142. The highest BCUT2D eigenvalue weighted by Gasteiger charge is 2.23. The van der Waals surface area contributed by atoms with Crippen LogP contribution < -0.4 is 5.32 Å². The lowest BCUT2D eigenvalue weighted by Gasteiger charge is -2.20. The molecule has 0 radical (unpaired) electrons. The van der Waals surface area contributed by atoms with Crippen LogP contribution in [0.3, 0.4) is 0 Å². The molecule has 9 heteroatoms. The van der Waals surface area contributed by atoms with Crippen molar-refractivity contribution in [1.29, 1.82) is 0 Å². The zero-order valence-corrected chi connectivity index (χ0v) is 15.1. The number of rotatable bonds is 4. The van der Waals surface area contributed by atoms with E-state index in [0.29, 0.717) is 16.9 Å². The van der Waals surface area contributed by atoms with Gasteiger partial charge in [0.25, 0.3) is 10.0 Å². The van der Waals surface area contributed by atoms with E-state index in [9.17, 15) is 13.2 Å². The van der Waals surface area contributed by atoms with Gasteiger partial charge in [-0.1, -0.05) is 0 Å². The molecular weight excluding hydrogens is 354 g/mol. The van der Waals surface area contributed by atoms with Crippen LogP contribution in [0.5, 0.6) is 0 Å². The Hall–Kier alpha value is -3.07. The maximum absolute atomic E-state index is 12.8. The van der Waals surface area contributed by atoms with Gasteiger partial charge < -0.3 is 5.32 Å². The average Bonchev–Trinajstić information content (AvgIpc) is 2.62. The summed E-state index contributed by atoms with van der Waals surface area (Å²) in [6.07, 6.45) is 7.43. The van der Waals surface area contributed by atoms with E-state index in [2.05, 4.69) is 20.3 Å². The monoisotopic (exact) mass is 371 g/mol. The predicted molar refractivity (Wildman–Crippen MR) is 97.9 cm³/mol. The minimum Gasteiger partial charge on any atom is -0.311 e. The summed E-state index contributed by atoms with van der Waals surface area (Å²) in [5.41, 5.74) is 2.06. The van der Waals surface area contributed by atoms with Gasteiger partial charge in [-0.25, -0.2) is 18.4 Å². The normalized spacial score (nSPS) is 14.1. The fourth-order valence-electron chi connectivity index (χ4n) is 2.35. The van der Waals surface area contributed by atoms with Crippen molar-refractivity contribution in [3.8, 4) is 11.1 Å². The van der Waals surface area contributed by atoms with Gasteiger partial charge in [0.1, 0.15) is 17.1 Å². The molecule has 0 saturated carbocycles. The van der Waals surface area contributed by atoms with Crippen molar-refractivity contribution < 1.29 is 13.2 Å². The molecule has 0 aromatic carbocycles. The number of nitrogens with zero attached hydrogens (tertiary/aromatic N) is 4. The molecule has 0 saturated heterocycles. The largest absolute Gasteiger partial charge is 0.311 e. The number of aliphatic imine (C=N–C) groups is 1. The van der Waals surface area contributed by atoms with Crippen LogP contribution in [-0.2, 0) is 14.8 Å². The quantitative estimate of drug-likeness (QED) is 0.885. The molecule has 26 heavy (non-hydrogen) atoms. The van der Waals surface area contributed by atoms with Crippen LogP contribution >= 0.6 is 0 Å². The summed E-state index contributed by atoms with van der Waals surface area (Å²) in [5, 5.41) is 2.59. The van der Waals surface area contributed by atoms with E-state index in [1.54, 1.807) is 31.3 Å². The summed E-state index contributed by atoms with van der Waals surface area (Å²) >= 11 is 0. The van der Waals surface area contributed by atoms with E-state index in [1.165, 1.54) is 31.7 Å². The fourth-order valence-corrected chi connectivity index (χ4v) is 3.53. The standard InChI is InChI=1S/C17H17N5O3S/c1-12-4-6-22(11-20-12)26(24,25)16-7-15(9-18-10-16)14-3-5-19-17(8-14)21-13(2)23/h3-5,7-11H,6H2,1-2H3,(H,19,21,23). The smallest absolute Gasteiger partial charge is 0.266 e. The SMILES string of the molecule is CC(=O)Nc1cc(-c2cncc(S(=O)(=O)N3C=NC(C)=CC3)c2)ccn1. The molecular formula is C17H17N5O3S. The molecule has 3 rings (SSSR count). The highest BCUT2D eigenvalue weighted by atomic mass is 32.2. The first-order valence-electron chi connectivity index (χ1n) is 7.78. The third kappa shape index (κ3) is 3.77. The molecule has 2 aromatic rings. The topological polar surface area (TPSA) is 105 Å². The Labute approximate surface area is 151 Å². The third-order valence-corrected chi connectivity index (χ3v) is 5.35. The van der Waals surface area contributed by atoms with Crippen molar-refractivity contribution >= 4 is 28.1 Å². The molecule has 2 aromatic heterocycles. The summed E-state index contributed by atoms with van der Waals surface area (Å²) in [6.45, 7) is 3.42. The maximum atomic E-state index is 12.8. The Balaban J connectivity index is 1.94. The minimum absolute atomic E-state index is 0.0623. The van der Waals surface area contributed by atoms with Crippen LogP contribution in [0.25, 0.3) is 11.1 Å². The second-order valence-electron chi connectivity index (χ2n) is 5.69. The lowest BCUT2D eigenvalue weighted by Crippen LogP contribution is -2.31. The fraction of sp³-hybridized carbons (Fsp3) is 0.176. The molecule has 0 unspecified atom stereocenters. The second-order valence-corrected chi connectivity index (χ2v) is 7.58. The highest BCUT2D eigenvalue weighted by molar-refractivity contribution is 7.89. The first-order chi connectivity index (χ1) is 12.4. The molecule has 0 fully saturated rings. The molecule has 0 spiro atoms. The maximum Gasteiger partial charge on any atom is 0.266 e. The van der Waals surface area contributed by atoms with Gasteiger partial charge in [0.15, 0.2) is 0 Å². The van der Waals surface area contributed by atoms with Crippen molar-refractivity contribution in [2.45, 2.75) is 18.7 Å². The number of carbonyl (C=O) groups is 1. The number of hydrogen-bond donors (Lipinski definition) is 1. The molecule has 1 amide bonds. The zero-order chi connectivity index (χ0) is 18.7. The summed E-state index contributed by atoms with van der Waals surface area (Å²) in [6, 6.07) is 4.91. The average molecular weight is 371 g/mol. The number of hydrogen-bond acceptors (Lipinski definition) is 6. The van der Waals surface area contributed by atoms with Gasteiger partial charge in [0.05, 0.1) is 6.54 Å². The van der Waals surface area contributed by atoms with Crippen molar-refractivity contribution in [2.24, 2.45) is 4.99 Å². The van der Waals surface area contributed by atoms with Gasteiger partial charge in [-0.3, -0.25) is 14.1 Å². The van der Waals surface area contributed by atoms with Crippen LogP contribution in [0.2, 0.25) is 0 Å². The Morgan fingerprint density at radius 2 is 2.04 bits per heavy atom. The Kier molecular flexibility index (Phi) is 4.81. The van der Waals surface area contributed by atoms with Crippen molar-refractivity contribution in [3.05, 3.63) is 48.6 Å². The number of sulfonamides is 1. The minimum atomic E-state index is -3.75. The molecule has 1 aliphatic rings. The summed E-state index contributed by atoms with van der Waals surface area (Å²) in [4.78, 5) is 23.4. The Morgan fingerprint density at radius 3 is 2.73 bits per heavy atom. The predicted octanol–water partition coefficient (Wildman–Crippen LogP) is 2.04. The number of amides is 1. The molecule has 3 heterocycles. The number of anilines is 1. The molecule has 1 N–H and O–H groups in total. The summed E-state index contributed by atoms with van der Waals surface area (Å²) < 4.78 is 26.7. The summed E-state index contributed by atoms with van der Waals surface area (Å²) in [7, 11) is -3.75. The van der Waals surface area contributed by atoms with E-state index >= 15 is 0 Å². The van der Waals surface area contributed by atoms with Crippen LogP contribution in [0.1, 0.15) is 13.8 Å². The van der Waals surface area contributed by atoms with E-state index in [0.717, 1.165) is 10.0 Å². The van der Waals surface area contributed by atoms with E-state index in [4.69, 9.17) is 0 Å². The zero-order valence-electron chi connectivity index (χ0n) is 14.2. The molecule has 0 atom stereocenters. The molecule has 0 aliphatic carbocycles. The Morgan fingerprint density at radius 1 is 1.23 bits per heavy atom. The first-order valence-corrected chi connectivity index (χ1v) is 9.22. The van der Waals surface area contributed by atoms with Crippen LogP contribution in [0, 0.1) is 0 Å². The number of nitrogens with one attached hydrogen (secondary N) is 1. The molecule has 134 valence electrons. The Bertz CT molecular complexity index is 1010. The molecule has 8 nitrogen and oxygen atoms in total. The number of pyridine rings is 2. The van der Waals surface area contributed by atoms with Gasteiger partial charge in [-0.05, 0) is 36.8 Å². The van der Waals surface area contributed by atoms with Crippen LogP contribution in [-0.4, -0.2) is 41.5 Å².